The molecule has 0 fully saturated rings. The third kappa shape index (κ3) is 2.66. The van der Waals surface area contributed by atoms with Gasteiger partial charge in [0.05, 0.1) is 23.7 Å². The van der Waals surface area contributed by atoms with Gasteiger partial charge >= 0.3 is 5.97 Å². The average Bonchev–Trinajstić information content (AvgIpc) is 2.67. The molecule has 1 heterocycles. The van der Waals surface area contributed by atoms with Gasteiger partial charge in [-0.2, -0.15) is 5.10 Å². The summed E-state index contributed by atoms with van der Waals surface area (Å²) in [4.78, 5) is 11.9. The summed E-state index contributed by atoms with van der Waals surface area (Å²) in [6.45, 7) is 8.16. The highest BCUT2D eigenvalue weighted by Crippen LogP contribution is 2.24. The number of hydrogen-bond acceptors (Lipinski definition) is 4. The first kappa shape index (κ1) is 14.5. The van der Waals surface area contributed by atoms with E-state index in [1.807, 2.05) is 20.8 Å². The fourth-order valence-corrected chi connectivity index (χ4v) is 2.08. The lowest BCUT2D eigenvalue weighted by atomic mass is 10.2. The number of nitrogen functional groups attached to an aromatic ring is 1. The van der Waals surface area contributed by atoms with Crippen LogP contribution in [0.25, 0.3) is 0 Å². The Hall–Kier alpha value is -1.52. The number of rotatable bonds is 6. The standard InChI is InChI=1S/C13H23N3O2/c1-5-9-12(14)10(6-2)16(15-9)11(7-3)13(17)18-8-4/h11H,5-8,14H2,1-4H3. The van der Waals surface area contributed by atoms with Crippen molar-refractivity contribution in [2.45, 2.75) is 53.0 Å². The number of esters is 1. The number of hydrogen-bond donors (Lipinski definition) is 1. The largest absolute Gasteiger partial charge is 0.464 e. The van der Waals surface area contributed by atoms with Gasteiger partial charge in [-0.3, -0.25) is 4.68 Å². The molecule has 0 saturated heterocycles. The second kappa shape index (κ2) is 6.42. The fraction of sp³-hybridized carbons (Fsp3) is 0.692. The Balaban J connectivity index is 3.16. The van der Waals surface area contributed by atoms with E-state index in [4.69, 9.17) is 10.5 Å². The molecular weight excluding hydrogens is 230 g/mol. The van der Waals surface area contributed by atoms with Crippen LogP contribution < -0.4 is 5.73 Å². The SMILES string of the molecule is CCOC(=O)C(CC)n1nc(CC)c(N)c1CC. The van der Waals surface area contributed by atoms with E-state index in [0.717, 1.165) is 24.2 Å². The van der Waals surface area contributed by atoms with Crippen molar-refractivity contribution in [2.75, 3.05) is 12.3 Å². The van der Waals surface area contributed by atoms with Gasteiger partial charge in [0.1, 0.15) is 6.04 Å². The zero-order valence-electron chi connectivity index (χ0n) is 11.7. The van der Waals surface area contributed by atoms with Crippen molar-refractivity contribution in [1.29, 1.82) is 0 Å². The van der Waals surface area contributed by atoms with Crippen LogP contribution in [-0.2, 0) is 22.4 Å². The monoisotopic (exact) mass is 253 g/mol. The first-order valence-electron chi connectivity index (χ1n) is 6.62. The van der Waals surface area contributed by atoms with Gasteiger partial charge < -0.3 is 10.5 Å². The van der Waals surface area contributed by atoms with Crippen LogP contribution in [0.2, 0.25) is 0 Å². The molecule has 1 aromatic rings. The summed E-state index contributed by atoms with van der Waals surface area (Å²) >= 11 is 0. The van der Waals surface area contributed by atoms with E-state index in [9.17, 15) is 4.79 Å². The van der Waals surface area contributed by atoms with Crippen molar-refractivity contribution in [1.82, 2.24) is 9.78 Å². The number of ether oxygens (including phenoxy) is 1. The molecule has 5 nitrogen and oxygen atoms in total. The number of nitrogens with zero attached hydrogens (tertiary/aromatic N) is 2. The summed E-state index contributed by atoms with van der Waals surface area (Å²) < 4.78 is 6.83. The maximum atomic E-state index is 11.9. The van der Waals surface area contributed by atoms with Crippen molar-refractivity contribution in [3.8, 4) is 0 Å². The van der Waals surface area contributed by atoms with Gasteiger partial charge in [-0.25, -0.2) is 4.79 Å². The van der Waals surface area contributed by atoms with Crippen LogP contribution in [0.5, 0.6) is 0 Å². The summed E-state index contributed by atoms with van der Waals surface area (Å²) in [6, 6.07) is -0.373. The number of carbonyl (C=O) groups is 1. The summed E-state index contributed by atoms with van der Waals surface area (Å²) in [7, 11) is 0. The lowest BCUT2D eigenvalue weighted by Gasteiger charge is -2.16. The van der Waals surface area contributed by atoms with E-state index in [0.29, 0.717) is 18.7 Å². The normalized spacial score (nSPS) is 12.4. The Morgan fingerprint density at radius 1 is 1.33 bits per heavy atom. The minimum atomic E-state index is -0.373. The number of aryl methyl sites for hydroxylation is 1. The molecule has 0 saturated carbocycles. The second-order valence-corrected chi connectivity index (χ2v) is 4.13. The lowest BCUT2D eigenvalue weighted by molar-refractivity contribution is -0.147. The van der Waals surface area contributed by atoms with E-state index in [-0.39, 0.29) is 12.0 Å². The first-order valence-corrected chi connectivity index (χ1v) is 6.62. The van der Waals surface area contributed by atoms with Crippen LogP contribution in [0.1, 0.15) is 51.5 Å². The van der Waals surface area contributed by atoms with Gasteiger partial charge in [-0.15, -0.1) is 0 Å². The quantitative estimate of drug-likeness (QED) is 0.788. The predicted octanol–water partition coefficient (Wildman–Crippen LogP) is 2.10. The summed E-state index contributed by atoms with van der Waals surface area (Å²) in [6.07, 6.45) is 2.18. The molecule has 0 aliphatic heterocycles. The third-order valence-corrected chi connectivity index (χ3v) is 3.04. The Bertz CT molecular complexity index is 413. The molecule has 1 unspecified atom stereocenters. The molecule has 1 rings (SSSR count). The van der Waals surface area contributed by atoms with E-state index in [2.05, 4.69) is 5.10 Å². The molecule has 0 aliphatic carbocycles. The highest BCUT2D eigenvalue weighted by atomic mass is 16.5. The Labute approximate surface area is 108 Å². The van der Waals surface area contributed by atoms with Crippen molar-refractivity contribution < 1.29 is 9.53 Å². The molecule has 0 aliphatic rings. The van der Waals surface area contributed by atoms with E-state index < -0.39 is 0 Å². The van der Waals surface area contributed by atoms with E-state index >= 15 is 0 Å². The number of nitrogens with two attached hydrogens (primary N) is 1. The van der Waals surface area contributed by atoms with Crippen molar-refractivity contribution in [3.63, 3.8) is 0 Å². The van der Waals surface area contributed by atoms with Crippen molar-refractivity contribution in [3.05, 3.63) is 11.4 Å². The molecule has 2 N–H and O–H groups in total. The molecule has 18 heavy (non-hydrogen) atoms. The van der Waals surface area contributed by atoms with Gasteiger partial charge in [-0.05, 0) is 26.2 Å². The Morgan fingerprint density at radius 3 is 2.44 bits per heavy atom. The van der Waals surface area contributed by atoms with Crippen LogP contribution in [-0.4, -0.2) is 22.4 Å². The van der Waals surface area contributed by atoms with Crippen LogP contribution in [0.15, 0.2) is 0 Å². The van der Waals surface area contributed by atoms with Gasteiger partial charge in [0, 0.05) is 0 Å². The van der Waals surface area contributed by atoms with E-state index in [1.165, 1.54) is 0 Å². The van der Waals surface area contributed by atoms with Crippen molar-refractivity contribution in [2.24, 2.45) is 0 Å². The van der Waals surface area contributed by atoms with Gasteiger partial charge in [0.25, 0.3) is 0 Å². The zero-order valence-corrected chi connectivity index (χ0v) is 11.7. The lowest BCUT2D eigenvalue weighted by Crippen LogP contribution is -2.24. The number of aromatic nitrogens is 2. The van der Waals surface area contributed by atoms with Crippen LogP contribution in [0.4, 0.5) is 5.69 Å². The molecule has 1 aromatic heterocycles. The minimum absolute atomic E-state index is 0.236. The summed E-state index contributed by atoms with van der Waals surface area (Å²) in [5, 5.41) is 4.46. The average molecular weight is 253 g/mol. The van der Waals surface area contributed by atoms with Crippen LogP contribution in [0.3, 0.4) is 0 Å². The molecule has 0 spiro atoms. The molecule has 0 bridgehead atoms. The van der Waals surface area contributed by atoms with Crippen LogP contribution in [0, 0.1) is 0 Å². The van der Waals surface area contributed by atoms with Gasteiger partial charge in [0.15, 0.2) is 0 Å². The third-order valence-electron chi connectivity index (χ3n) is 3.04. The number of anilines is 1. The summed E-state index contributed by atoms with van der Waals surface area (Å²) in [5.74, 6) is -0.236. The Kier molecular flexibility index (Phi) is 5.19. The first-order chi connectivity index (χ1) is 8.60. The molecule has 1 atom stereocenters. The molecular formula is C13H23N3O2. The van der Waals surface area contributed by atoms with E-state index in [1.54, 1.807) is 11.6 Å². The maximum absolute atomic E-state index is 11.9. The molecule has 0 aromatic carbocycles. The number of carbonyl (C=O) groups excluding carboxylic acids is 1. The molecule has 0 amide bonds. The molecule has 5 heteroatoms. The molecule has 102 valence electrons. The predicted molar refractivity (Wildman–Crippen MR) is 71.4 cm³/mol. The maximum Gasteiger partial charge on any atom is 0.330 e. The second-order valence-electron chi connectivity index (χ2n) is 4.13. The zero-order chi connectivity index (χ0) is 13.7. The fourth-order valence-electron chi connectivity index (χ4n) is 2.08. The van der Waals surface area contributed by atoms with Crippen LogP contribution >= 0.6 is 0 Å². The summed E-state index contributed by atoms with van der Waals surface area (Å²) in [5.41, 5.74) is 8.55. The highest BCUT2D eigenvalue weighted by Gasteiger charge is 2.25. The van der Waals surface area contributed by atoms with Gasteiger partial charge in [0.2, 0.25) is 0 Å². The van der Waals surface area contributed by atoms with Gasteiger partial charge in [-0.1, -0.05) is 20.8 Å². The molecule has 0 radical (unpaired) electrons. The topological polar surface area (TPSA) is 70.1 Å². The highest BCUT2D eigenvalue weighted by molar-refractivity contribution is 5.74. The Morgan fingerprint density at radius 2 is 2.00 bits per heavy atom. The smallest absolute Gasteiger partial charge is 0.330 e. The minimum Gasteiger partial charge on any atom is -0.464 e. The van der Waals surface area contributed by atoms with Crippen molar-refractivity contribution >= 4 is 11.7 Å².